The second-order valence-corrected chi connectivity index (χ2v) is 17.2. The third kappa shape index (κ3) is 15.7. The number of amides is 4. The Bertz CT molecular complexity index is 1530. The molecule has 2 aromatic rings. The minimum atomic E-state index is -0.933. The smallest absolute Gasteiger partial charge is 0.317 e. The standard InChI is InChI=1S/C40H66N8O8/c1-40(2,3)54-35(51)23-31(20-11-15-27-13-8-7-9-14-27)37-44-33(46-56-37)25-42-39(53)48(6)26-29-18-10-16-28(21-29)17-12-19-30(22-34(49)50)36-43-32(45-55-36)24-41-38(52)47(4)5/h27-31H,7-26H2,1-6H3,(H,41,52)(H,42,53)(H,49,50)/t28?,29?,30-,31-/m1/s1. The Morgan fingerprint density at radius 1 is 0.768 bits per heavy atom. The van der Waals surface area contributed by atoms with E-state index in [-0.39, 0.29) is 55.8 Å². The lowest BCUT2D eigenvalue weighted by atomic mass is 9.78. The van der Waals surface area contributed by atoms with Gasteiger partial charge >= 0.3 is 24.0 Å². The van der Waals surface area contributed by atoms with Crippen LogP contribution >= 0.6 is 0 Å². The van der Waals surface area contributed by atoms with Crippen molar-refractivity contribution >= 4 is 24.0 Å². The van der Waals surface area contributed by atoms with Gasteiger partial charge in [0.1, 0.15) is 5.60 Å². The Balaban J connectivity index is 1.22. The highest BCUT2D eigenvalue weighted by molar-refractivity contribution is 5.74. The van der Waals surface area contributed by atoms with E-state index in [0.29, 0.717) is 42.3 Å². The van der Waals surface area contributed by atoms with Crippen LogP contribution in [0.3, 0.4) is 0 Å². The van der Waals surface area contributed by atoms with Crippen molar-refractivity contribution in [3.8, 4) is 0 Å². The molecule has 0 aromatic carbocycles. The third-order valence-electron chi connectivity index (χ3n) is 10.9. The van der Waals surface area contributed by atoms with Gasteiger partial charge in [0.25, 0.3) is 0 Å². The molecule has 2 aromatic heterocycles. The zero-order valence-electron chi connectivity index (χ0n) is 34.5. The van der Waals surface area contributed by atoms with Crippen molar-refractivity contribution in [2.24, 2.45) is 17.8 Å². The zero-order valence-corrected chi connectivity index (χ0v) is 34.5. The topological polar surface area (TPSA) is 206 Å². The van der Waals surface area contributed by atoms with Gasteiger partial charge in [-0.15, -0.1) is 0 Å². The van der Waals surface area contributed by atoms with Gasteiger partial charge in [-0.05, 0) is 64.2 Å². The molecule has 16 nitrogen and oxygen atoms in total. The number of carbonyl (C=O) groups is 4. The minimum Gasteiger partial charge on any atom is -0.481 e. The Hall–Kier alpha value is -4.24. The lowest BCUT2D eigenvalue weighted by Crippen LogP contribution is -2.40. The van der Waals surface area contributed by atoms with Gasteiger partial charge in [-0.25, -0.2) is 9.59 Å². The summed E-state index contributed by atoms with van der Waals surface area (Å²) in [6.07, 6.45) is 16.0. The summed E-state index contributed by atoms with van der Waals surface area (Å²) >= 11 is 0. The molecule has 0 radical (unpaired) electrons. The van der Waals surface area contributed by atoms with Crippen molar-refractivity contribution < 1.29 is 38.1 Å². The molecule has 4 atom stereocenters. The second kappa shape index (κ2) is 21.9. The SMILES string of the molecule is CN(C)C(=O)NCc1noc([C@H](CCCC2CCCC(CN(C)C(=O)NCc3noc([C@H](CCCC4CCCCC4)CC(=O)OC(C)(C)C)n3)C2)CC(=O)O)n1. The molecule has 314 valence electrons. The lowest BCUT2D eigenvalue weighted by molar-refractivity contribution is -0.155. The van der Waals surface area contributed by atoms with Gasteiger partial charge in [0.15, 0.2) is 11.6 Å². The van der Waals surface area contributed by atoms with Crippen LogP contribution in [0.5, 0.6) is 0 Å². The van der Waals surface area contributed by atoms with Crippen LogP contribution in [-0.2, 0) is 27.4 Å². The molecule has 2 aliphatic carbocycles. The molecule has 0 spiro atoms. The normalized spacial score (nSPS) is 18.8. The number of esters is 1. The van der Waals surface area contributed by atoms with Crippen LogP contribution in [-0.4, -0.2) is 92.5 Å². The van der Waals surface area contributed by atoms with Crippen LogP contribution in [0.25, 0.3) is 0 Å². The fourth-order valence-corrected chi connectivity index (χ4v) is 8.12. The summed E-state index contributed by atoms with van der Waals surface area (Å²) in [4.78, 5) is 61.5. The first-order chi connectivity index (χ1) is 26.6. The van der Waals surface area contributed by atoms with Crippen LogP contribution in [0.4, 0.5) is 9.59 Å². The van der Waals surface area contributed by atoms with Crippen LogP contribution in [0.2, 0.25) is 0 Å². The molecule has 3 N–H and O–H groups in total. The Morgan fingerprint density at radius 3 is 1.88 bits per heavy atom. The van der Waals surface area contributed by atoms with Gasteiger partial charge in [0.2, 0.25) is 11.8 Å². The molecule has 2 heterocycles. The highest BCUT2D eigenvalue weighted by atomic mass is 16.6. The van der Waals surface area contributed by atoms with Crippen LogP contribution in [0, 0.1) is 17.8 Å². The summed E-state index contributed by atoms with van der Waals surface area (Å²) in [7, 11) is 5.06. The molecule has 0 aliphatic heterocycles. The average molecular weight is 787 g/mol. The van der Waals surface area contributed by atoms with Gasteiger partial charge in [-0.3, -0.25) is 9.59 Å². The molecule has 4 amide bonds. The third-order valence-corrected chi connectivity index (χ3v) is 10.9. The Labute approximate surface area is 331 Å². The highest BCUT2D eigenvalue weighted by Gasteiger charge is 2.29. The van der Waals surface area contributed by atoms with Crippen molar-refractivity contribution in [2.75, 3.05) is 27.7 Å². The molecule has 2 fully saturated rings. The van der Waals surface area contributed by atoms with E-state index in [9.17, 15) is 24.3 Å². The number of carboxylic acid groups (broad SMARTS) is 1. The summed E-state index contributed by atoms with van der Waals surface area (Å²) in [6.45, 7) is 6.40. The molecule has 16 heteroatoms. The number of hydrogen-bond donors (Lipinski definition) is 3. The summed E-state index contributed by atoms with van der Waals surface area (Å²) in [5, 5.41) is 23.2. The molecule has 2 saturated carbocycles. The van der Waals surface area contributed by atoms with E-state index in [0.717, 1.165) is 63.7 Å². The van der Waals surface area contributed by atoms with Gasteiger partial charge < -0.3 is 39.3 Å². The second-order valence-electron chi connectivity index (χ2n) is 17.2. The Morgan fingerprint density at radius 2 is 1.30 bits per heavy atom. The number of nitrogens with zero attached hydrogens (tertiary/aromatic N) is 6. The molecule has 0 bridgehead atoms. The fourth-order valence-electron chi connectivity index (χ4n) is 8.12. The predicted octanol–water partition coefficient (Wildman–Crippen LogP) is 7.17. The van der Waals surface area contributed by atoms with E-state index in [1.807, 2.05) is 20.8 Å². The number of carbonyl (C=O) groups excluding carboxylic acids is 3. The maximum atomic E-state index is 13.1. The number of hydrogen-bond acceptors (Lipinski definition) is 11. The average Bonchev–Trinajstić information content (AvgIpc) is 3.82. The number of nitrogens with one attached hydrogen (secondary N) is 2. The number of urea groups is 2. The first kappa shape index (κ1) is 44.5. The summed E-state index contributed by atoms with van der Waals surface area (Å²) in [6, 6.07) is -0.501. The molecule has 0 saturated heterocycles. The Kier molecular flexibility index (Phi) is 17.4. The van der Waals surface area contributed by atoms with Crippen molar-refractivity contribution in [1.82, 2.24) is 40.7 Å². The van der Waals surface area contributed by atoms with E-state index >= 15 is 0 Å². The number of ether oxygens (including phenoxy) is 1. The van der Waals surface area contributed by atoms with E-state index in [1.165, 1.54) is 37.0 Å². The summed E-state index contributed by atoms with van der Waals surface area (Å²) in [5.74, 6) is 1.06. The van der Waals surface area contributed by atoms with E-state index < -0.39 is 17.5 Å². The van der Waals surface area contributed by atoms with E-state index in [2.05, 4.69) is 30.9 Å². The summed E-state index contributed by atoms with van der Waals surface area (Å²) in [5.41, 5.74) is -0.580. The van der Waals surface area contributed by atoms with Crippen LogP contribution in [0.15, 0.2) is 9.05 Å². The molecule has 2 aliphatic rings. The van der Waals surface area contributed by atoms with Crippen molar-refractivity contribution in [3.63, 3.8) is 0 Å². The molecular formula is C40H66N8O8. The minimum absolute atomic E-state index is 0.0896. The maximum absolute atomic E-state index is 13.1. The van der Waals surface area contributed by atoms with Gasteiger partial charge in [0.05, 0.1) is 25.9 Å². The van der Waals surface area contributed by atoms with Crippen molar-refractivity contribution in [3.05, 3.63) is 23.4 Å². The molecular weight excluding hydrogens is 720 g/mol. The fraction of sp³-hybridized carbons (Fsp3) is 0.800. The summed E-state index contributed by atoms with van der Waals surface area (Å²) < 4.78 is 16.7. The number of aliphatic carboxylic acids is 1. The van der Waals surface area contributed by atoms with Crippen molar-refractivity contribution in [2.45, 2.75) is 160 Å². The maximum Gasteiger partial charge on any atom is 0.317 e. The number of carboxylic acids is 1. The van der Waals surface area contributed by atoms with Crippen LogP contribution in [0.1, 0.15) is 165 Å². The molecule has 56 heavy (non-hydrogen) atoms. The first-order valence-corrected chi connectivity index (χ1v) is 20.7. The quantitative estimate of drug-likeness (QED) is 0.114. The zero-order chi connectivity index (χ0) is 40.7. The van der Waals surface area contributed by atoms with E-state index in [1.54, 1.807) is 26.0 Å². The van der Waals surface area contributed by atoms with Gasteiger partial charge in [-0.1, -0.05) is 80.9 Å². The first-order valence-electron chi connectivity index (χ1n) is 20.7. The molecule has 2 unspecified atom stereocenters. The number of rotatable bonds is 20. The van der Waals surface area contributed by atoms with Crippen molar-refractivity contribution in [1.29, 1.82) is 0 Å². The van der Waals surface area contributed by atoms with Gasteiger partial charge in [-0.2, -0.15) is 9.97 Å². The van der Waals surface area contributed by atoms with Crippen LogP contribution < -0.4 is 10.6 Å². The molecule has 4 rings (SSSR count). The number of aromatic nitrogens is 4. The predicted molar refractivity (Wildman–Crippen MR) is 207 cm³/mol. The largest absolute Gasteiger partial charge is 0.481 e. The highest BCUT2D eigenvalue weighted by Crippen LogP contribution is 2.35. The van der Waals surface area contributed by atoms with Gasteiger partial charge in [0, 0.05) is 39.5 Å². The monoisotopic (exact) mass is 787 g/mol. The lowest BCUT2D eigenvalue weighted by Gasteiger charge is -2.32. The van der Waals surface area contributed by atoms with E-state index in [4.69, 9.17) is 13.8 Å².